The van der Waals surface area contributed by atoms with E-state index in [2.05, 4.69) is 15.4 Å². The van der Waals surface area contributed by atoms with Gasteiger partial charge in [0.1, 0.15) is 17.1 Å². The first-order valence-electron chi connectivity index (χ1n) is 5.85. The summed E-state index contributed by atoms with van der Waals surface area (Å²) in [7, 11) is 1.27. The highest BCUT2D eigenvalue weighted by molar-refractivity contribution is 5.88. The number of carboxylic acid groups (broad SMARTS) is 1. The van der Waals surface area contributed by atoms with E-state index in [-0.39, 0.29) is 30.8 Å². The molecular formula is C12H16N2O6. The average molecular weight is 284 g/mol. The number of carbonyl (C=O) groups is 3. The van der Waals surface area contributed by atoms with Gasteiger partial charge < -0.3 is 24.9 Å². The van der Waals surface area contributed by atoms with E-state index < -0.39 is 18.0 Å². The summed E-state index contributed by atoms with van der Waals surface area (Å²) in [5.74, 6) is -0.887. The Morgan fingerprint density at radius 2 is 2.05 bits per heavy atom. The van der Waals surface area contributed by atoms with E-state index in [1.165, 1.54) is 20.1 Å². The van der Waals surface area contributed by atoms with Crippen molar-refractivity contribution in [2.24, 2.45) is 0 Å². The Morgan fingerprint density at radius 1 is 1.35 bits per heavy atom. The molecule has 0 atom stereocenters. The molecule has 0 saturated carbocycles. The number of ether oxygens (including phenoxy) is 1. The highest BCUT2D eigenvalue weighted by Crippen LogP contribution is 2.14. The van der Waals surface area contributed by atoms with E-state index in [4.69, 9.17) is 9.52 Å². The van der Waals surface area contributed by atoms with Gasteiger partial charge in [-0.3, -0.25) is 4.79 Å². The molecule has 8 nitrogen and oxygen atoms in total. The minimum Gasteiger partial charge on any atom is -0.478 e. The highest BCUT2D eigenvalue weighted by atomic mass is 16.5. The molecule has 0 saturated heterocycles. The molecule has 0 radical (unpaired) electrons. The molecule has 1 aromatic rings. The first-order chi connectivity index (χ1) is 9.43. The number of esters is 1. The number of nitrogens with one attached hydrogen (secondary N) is 2. The molecule has 0 aliphatic heterocycles. The Morgan fingerprint density at radius 3 is 2.60 bits per heavy atom. The summed E-state index contributed by atoms with van der Waals surface area (Å²) in [6.45, 7) is 1.73. The van der Waals surface area contributed by atoms with Gasteiger partial charge in [0.05, 0.1) is 20.1 Å². The molecule has 0 spiro atoms. The third kappa shape index (κ3) is 4.63. The molecule has 0 aromatic carbocycles. The van der Waals surface area contributed by atoms with Gasteiger partial charge in [-0.15, -0.1) is 0 Å². The lowest BCUT2D eigenvalue weighted by Gasteiger charge is -2.05. The van der Waals surface area contributed by atoms with Crippen LogP contribution >= 0.6 is 0 Å². The van der Waals surface area contributed by atoms with Crippen molar-refractivity contribution in [1.29, 1.82) is 0 Å². The number of furan rings is 1. The number of hydrogen-bond acceptors (Lipinski definition) is 5. The normalized spacial score (nSPS) is 9.90. The van der Waals surface area contributed by atoms with Crippen LogP contribution in [-0.4, -0.2) is 36.7 Å². The molecule has 0 fully saturated rings. The third-order valence-corrected chi connectivity index (χ3v) is 2.46. The van der Waals surface area contributed by atoms with E-state index in [0.717, 1.165) is 0 Å². The van der Waals surface area contributed by atoms with Gasteiger partial charge in [0, 0.05) is 6.54 Å². The summed E-state index contributed by atoms with van der Waals surface area (Å²) in [5.41, 5.74) is 0.0629. The van der Waals surface area contributed by atoms with E-state index >= 15 is 0 Å². The first kappa shape index (κ1) is 15.5. The number of hydrogen-bond donors (Lipinski definition) is 3. The van der Waals surface area contributed by atoms with Crippen molar-refractivity contribution in [3.05, 3.63) is 23.2 Å². The second kappa shape index (κ2) is 7.17. The number of urea groups is 1. The summed E-state index contributed by atoms with van der Waals surface area (Å²) in [6, 6.07) is 0.867. The fraction of sp³-hybridized carbons (Fsp3) is 0.417. The summed E-state index contributed by atoms with van der Waals surface area (Å²) >= 11 is 0. The Kier molecular flexibility index (Phi) is 5.57. The summed E-state index contributed by atoms with van der Waals surface area (Å²) in [4.78, 5) is 33.0. The van der Waals surface area contributed by atoms with Gasteiger partial charge in [-0.2, -0.15) is 0 Å². The van der Waals surface area contributed by atoms with Gasteiger partial charge in [-0.1, -0.05) is 0 Å². The standard InChI is InChI=1S/C12H16N2O6/c1-7-9(11(16)17)5-8(20-7)6-14-12(18)13-4-3-10(15)19-2/h5H,3-4,6H2,1-2H3,(H,16,17)(H2,13,14,18). The number of carboxylic acids is 1. The lowest BCUT2D eigenvalue weighted by Crippen LogP contribution is -2.36. The summed E-state index contributed by atoms with van der Waals surface area (Å²) in [6.07, 6.45) is 0.0763. The maximum Gasteiger partial charge on any atom is 0.339 e. The Bertz CT molecular complexity index is 508. The third-order valence-electron chi connectivity index (χ3n) is 2.46. The van der Waals surface area contributed by atoms with E-state index in [1.807, 2.05) is 0 Å². The van der Waals surface area contributed by atoms with Gasteiger partial charge in [-0.05, 0) is 13.0 Å². The van der Waals surface area contributed by atoms with Crippen LogP contribution in [0.2, 0.25) is 0 Å². The van der Waals surface area contributed by atoms with E-state index in [9.17, 15) is 14.4 Å². The van der Waals surface area contributed by atoms with Crippen LogP contribution < -0.4 is 10.6 Å². The minimum atomic E-state index is -1.08. The largest absolute Gasteiger partial charge is 0.478 e. The van der Waals surface area contributed by atoms with Gasteiger partial charge in [-0.25, -0.2) is 9.59 Å². The Hall–Kier alpha value is -2.51. The van der Waals surface area contributed by atoms with Gasteiger partial charge in [0.15, 0.2) is 0 Å². The number of methoxy groups -OCH3 is 1. The number of carbonyl (C=O) groups excluding carboxylic acids is 2. The second-order valence-electron chi connectivity index (χ2n) is 3.92. The van der Waals surface area contributed by atoms with Gasteiger partial charge >= 0.3 is 18.0 Å². The number of aromatic carboxylic acids is 1. The molecule has 2 amide bonds. The van der Waals surface area contributed by atoms with Crippen LogP contribution in [0.25, 0.3) is 0 Å². The zero-order valence-corrected chi connectivity index (χ0v) is 11.2. The molecule has 110 valence electrons. The predicted octanol–water partition coefficient (Wildman–Crippen LogP) is 0.649. The SMILES string of the molecule is COC(=O)CCNC(=O)NCc1cc(C(=O)O)c(C)o1. The summed E-state index contributed by atoms with van der Waals surface area (Å²) < 4.78 is 9.61. The molecule has 20 heavy (non-hydrogen) atoms. The second-order valence-corrected chi connectivity index (χ2v) is 3.92. The number of rotatable bonds is 6. The maximum absolute atomic E-state index is 11.4. The smallest absolute Gasteiger partial charge is 0.339 e. The van der Waals surface area contributed by atoms with Crippen molar-refractivity contribution in [3.63, 3.8) is 0 Å². The van der Waals surface area contributed by atoms with E-state index in [0.29, 0.717) is 5.76 Å². The Balaban J connectivity index is 2.36. The van der Waals surface area contributed by atoms with Crippen molar-refractivity contribution < 1.29 is 28.6 Å². The lowest BCUT2D eigenvalue weighted by atomic mass is 10.2. The fourth-order valence-corrected chi connectivity index (χ4v) is 1.45. The van der Waals surface area contributed by atoms with Gasteiger partial charge in [0.25, 0.3) is 0 Å². The zero-order valence-electron chi connectivity index (χ0n) is 11.2. The number of amides is 2. The molecule has 1 rings (SSSR count). The van der Waals surface area contributed by atoms with Crippen molar-refractivity contribution in [2.75, 3.05) is 13.7 Å². The van der Waals surface area contributed by atoms with Crippen LogP contribution in [0.1, 0.15) is 28.3 Å². The molecule has 8 heteroatoms. The highest BCUT2D eigenvalue weighted by Gasteiger charge is 2.14. The maximum atomic E-state index is 11.4. The molecule has 0 aliphatic rings. The van der Waals surface area contributed by atoms with Crippen LogP contribution in [0, 0.1) is 6.92 Å². The average Bonchev–Trinajstić information content (AvgIpc) is 2.77. The summed E-state index contributed by atoms with van der Waals surface area (Å²) in [5, 5.41) is 13.8. The van der Waals surface area contributed by atoms with Crippen LogP contribution in [0.3, 0.4) is 0 Å². The van der Waals surface area contributed by atoms with Crippen molar-refractivity contribution >= 4 is 18.0 Å². The fourth-order valence-electron chi connectivity index (χ4n) is 1.45. The topological polar surface area (TPSA) is 118 Å². The molecule has 3 N–H and O–H groups in total. The molecule has 0 unspecified atom stereocenters. The quantitative estimate of drug-likeness (QED) is 0.660. The molecule has 0 bridgehead atoms. The van der Waals surface area contributed by atoms with Crippen LogP contribution in [0.5, 0.6) is 0 Å². The first-order valence-corrected chi connectivity index (χ1v) is 5.85. The molecule has 0 aliphatic carbocycles. The Labute approximate surface area is 115 Å². The van der Waals surface area contributed by atoms with E-state index in [1.54, 1.807) is 0 Å². The van der Waals surface area contributed by atoms with Crippen LogP contribution in [-0.2, 0) is 16.1 Å². The van der Waals surface area contributed by atoms with Crippen LogP contribution in [0.4, 0.5) is 4.79 Å². The molecule has 1 aromatic heterocycles. The monoisotopic (exact) mass is 284 g/mol. The van der Waals surface area contributed by atoms with Gasteiger partial charge in [0.2, 0.25) is 0 Å². The molecular weight excluding hydrogens is 268 g/mol. The van der Waals surface area contributed by atoms with Crippen LogP contribution in [0.15, 0.2) is 10.5 Å². The zero-order chi connectivity index (χ0) is 15.1. The predicted molar refractivity (Wildman–Crippen MR) is 67.3 cm³/mol. The lowest BCUT2D eigenvalue weighted by molar-refractivity contribution is -0.140. The number of aryl methyl sites for hydroxylation is 1. The minimum absolute atomic E-state index is 0.0537. The van der Waals surface area contributed by atoms with Crippen molar-refractivity contribution in [1.82, 2.24) is 10.6 Å². The van der Waals surface area contributed by atoms with Crippen molar-refractivity contribution in [2.45, 2.75) is 19.9 Å². The molecule has 1 heterocycles. The van der Waals surface area contributed by atoms with Crippen molar-refractivity contribution in [3.8, 4) is 0 Å².